The van der Waals surface area contributed by atoms with Crippen molar-refractivity contribution in [3.05, 3.63) is 40.7 Å². The first-order valence-electron chi connectivity index (χ1n) is 6.00. The van der Waals surface area contributed by atoms with Crippen LogP contribution in [0.2, 0.25) is 0 Å². The molecule has 0 radical (unpaired) electrons. The van der Waals surface area contributed by atoms with Gasteiger partial charge in [0.15, 0.2) is 0 Å². The van der Waals surface area contributed by atoms with E-state index in [-0.39, 0.29) is 5.91 Å². The number of hydrogen-bond donors (Lipinski definition) is 2. The molecule has 0 bridgehead atoms. The Hall–Kier alpha value is -2.30. The Bertz CT molecular complexity index is 598. The minimum Gasteiger partial charge on any atom is -0.495 e. The summed E-state index contributed by atoms with van der Waals surface area (Å²) in [4.78, 5) is 12.3. The maximum Gasteiger partial charge on any atom is 0.259 e. The number of amides is 1. The van der Waals surface area contributed by atoms with E-state index in [1.54, 1.807) is 14.0 Å². The minimum atomic E-state index is -0.187. The molecule has 2 aromatic rings. The van der Waals surface area contributed by atoms with Crippen LogP contribution in [0, 0.1) is 20.8 Å². The third-order valence-electron chi connectivity index (χ3n) is 2.96. The van der Waals surface area contributed by atoms with Crippen molar-refractivity contribution >= 4 is 11.6 Å². The molecule has 0 spiro atoms. The lowest BCUT2D eigenvalue weighted by Crippen LogP contribution is -2.14. The fourth-order valence-corrected chi connectivity index (χ4v) is 1.99. The number of benzene rings is 1. The molecule has 0 saturated heterocycles. The van der Waals surface area contributed by atoms with Gasteiger partial charge in [-0.25, -0.2) is 0 Å². The second-order valence-corrected chi connectivity index (χ2v) is 4.47. The number of hydrogen-bond acceptors (Lipinski definition) is 3. The number of anilines is 1. The van der Waals surface area contributed by atoms with Crippen LogP contribution in [0.4, 0.5) is 5.69 Å². The van der Waals surface area contributed by atoms with Gasteiger partial charge in [-0.2, -0.15) is 5.10 Å². The van der Waals surface area contributed by atoms with Crippen LogP contribution in [0.15, 0.2) is 18.2 Å². The zero-order chi connectivity index (χ0) is 14.0. The minimum absolute atomic E-state index is 0.187. The molecule has 5 heteroatoms. The quantitative estimate of drug-likeness (QED) is 0.890. The van der Waals surface area contributed by atoms with Crippen molar-refractivity contribution in [1.82, 2.24) is 10.2 Å². The average Bonchev–Trinajstić information content (AvgIpc) is 2.69. The number of rotatable bonds is 3. The average molecular weight is 259 g/mol. The van der Waals surface area contributed by atoms with Crippen LogP contribution in [-0.4, -0.2) is 23.2 Å². The Morgan fingerprint density at radius 2 is 2.05 bits per heavy atom. The summed E-state index contributed by atoms with van der Waals surface area (Å²) >= 11 is 0. The lowest BCUT2D eigenvalue weighted by molar-refractivity contribution is 0.102. The van der Waals surface area contributed by atoms with Crippen LogP contribution in [0.25, 0.3) is 0 Å². The molecule has 1 heterocycles. The smallest absolute Gasteiger partial charge is 0.259 e. The van der Waals surface area contributed by atoms with E-state index in [4.69, 9.17) is 4.74 Å². The predicted molar refractivity (Wildman–Crippen MR) is 73.7 cm³/mol. The van der Waals surface area contributed by atoms with Gasteiger partial charge in [0.05, 0.1) is 24.1 Å². The summed E-state index contributed by atoms with van der Waals surface area (Å²) in [6.45, 7) is 5.58. The lowest BCUT2D eigenvalue weighted by atomic mass is 10.1. The highest BCUT2D eigenvalue weighted by Crippen LogP contribution is 2.26. The van der Waals surface area contributed by atoms with Crippen LogP contribution < -0.4 is 10.1 Å². The molecule has 100 valence electrons. The first kappa shape index (κ1) is 13.1. The molecule has 2 rings (SSSR count). The molecule has 0 saturated carbocycles. The van der Waals surface area contributed by atoms with Crippen molar-refractivity contribution in [1.29, 1.82) is 0 Å². The van der Waals surface area contributed by atoms with Crippen molar-refractivity contribution < 1.29 is 9.53 Å². The number of carbonyl (C=O) groups excluding carboxylic acids is 1. The van der Waals surface area contributed by atoms with E-state index in [1.807, 2.05) is 32.0 Å². The van der Waals surface area contributed by atoms with Crippen LogP contribution >= 0.6 is 0 Å². The highest BCUT2D eigenvalue weighted by Gasteiger charge is 2.16. The number of nitrogens with zero attached hydrogens (tertiary/aromatic N) is 1. The maximum absolute atomic E-state index is 12.3. The van der Waals surface area contributed by atoms with Crippen molar-refractivity contribution in [2.75, 3.05) is 12.4 Å². The van der Waals surface area contributed by atoms with E-state index in [0.717, 1.165) is 11.3 Å². The van der Waals surface area contributed by atoms with Gasteiger partial charge in [0.2, 0.25) is 0 Å². The van der Waals surface area contributed by atoms with Gasteiger partial charge >= 0.3 is 0 Å². The molecule has 0 unspecified atom stereocenters. The number of aromatic amines is 1. The van der Waals surface area contributed by atoms with E-state index >= 15 is 0 Å². The molecule has 2 N–H and O–H groups in total. The fraction of sp³-hybridized carbons (Fsp3) is 0.286. The fourth-order valence-electron chi connectivity index (χ4n) is 1.99. The van der Waals surface area contributed by atoms with Crippen LogP contribution in [-0.2, 0) is 0 Å². The van der Waals surface area contributed by atoms with Crippen molar-refractivity contribution in [2.45, 2.75) is 20.8 Å². The van der Waals surface area contributed by atoms with Crippen molar-refractivity contribution in [3.63, 3.8) is 0 Å². The van der Waals surface area contributed by atoms with Gasteiger partial charge in [-0.05, 0) is 38.5 Å². The summed E-state index contributed by atoms with van der Waals surface area (Å²) < 4.78 is 5.24. The van der Waals surface area contributed by atoms with E-state index in [0.29, 0.717) is 22.7 Å². The van der Waals surface area contributed by atoms with Gasteiger partial charge in [0, 0.05) is 5.69 Å². The largest absolute Gasteiger partial charge is 0.495 e. The number of nitrogens with one attached hydrogen (secondary N) is 2. The summed E-state index contributed by atoms with van der Waals surface area (Å²) in [6.07, 6.45) is 0. The van der Waals surface area contributed by atoms with Crippen LogP contribution in [0.1, 0.15) is 27.3 Å². The molecule has 0 aliphatic heterocycles. The Morgan fingerprint density at radius 1 is 1.32 bits per heavy atom. The standard InChI is InChI=1S/C14H17N3O2/c1-8-5-6-12(19-4)11(7-8)15-14(18)13-9(2)16-17-10(13)3/h5-7H,1-4H3,(H,15,18)(H,16,17). The Balaban J connectivity index is 2.31. The SMILES string of the molecule is COc1ccc(C)cc1NC(=O)c1c(C)n[nH]c1C. The molecule has 1 amide bonds. The lowest BCUT2D eigenvalue weighted by Gasteiger charge is -2.11. The van der Waals surface area contributed by atoms with Crippen LogP contribution in [0.5, 0.6) is 5.75 Å². The molecule has 5 nitrogen and oxygen atoms in total. The van der Waals surface area contributed by atoms with E-state index in [9.17, 15) is 4.79 Å². The number of ether oxygens (including phenoxy) is 1. The second kappa shape index (κ2) is 5.14. The molecular weight excluding hydrogens is 242 g/mol. The summed E-state index contributed by atoms with van der Waals surface area (Å²) in [5.41, 5.74) is 3.72. The van der Waals surface area contributed by atoms with Gasteiger partial charge in [-0.1, -0.05) is 6.07 Å². The van der Waals surface area contributed by atoms with Gasteiger partial charge in [-0.15, -0.1) is 0 Å². The van der Waals surface area contributed by atoms with Crippen molar-refractivity contribution in [3.8, 4) is 5.75 Å². The molecule has 19 heavy (non-hydrogen) atoms. The molecule has 0 aliphatic carbocycles. The molecule has 0 fully saturated rings. The number of aryl methyl sites for hydroxylation is 3. The molecule has 0 atom stereocenters. The third-order valence-corrected chi connectivity index (χ3v) is 2.96. The van der Waals surface area contributed by atoms with E-state index < -0.39 is 0 Å². The zero-order valence-corrected chi connectivity index (χ0v) is 11.5. The highest BCUT2D eigenvalue weighted by molar-refractivity contribution is 6.06. The second-order valence-electron chi connectivity index (χ2n) is 4.47. The van der Waals surface area contributed by atoms with Gasteiger partial charge in [0.1, 0.15) is 5.75 Å². The summed E-state index contributed by atoms with van der Waals surface area (Å²) in [5, 5.41) is 9.69. The Morgan fingerprint density at radius 3 is 2.63 bits per heavy atom. The highest BCUT2D eigenvalue weighted by atomic mass is 16.5. The topological polar surface area (TPSA) is 67.0 Å². The first-order valence-corrected chi connectivity index (χ1v) is 6.00. The number of aromatic nitrogens is 2. The number of methoxy groups -OCH3 is 1. The maximum atomic E-state index is 12.3. The van der Waals surface area contributed by atoms with Gasteiger partial charge < -0.3 is 10.1 Å². The third kappa shape index (κ3) is 2.59. The van der Waals surface area contributed by atoms with E-state index in [1.165, 1.54) is 0 Å². The Kier molecular flexibility index (Phi) is 3.55. The van der Waals surface area contributed by atoms with Crippen molar-refractivity contribution in [2.24, 2.45) is 0 Å². The summed E-state index contributed by atoms with van der Waals surface area (Å²) in [5.74, 6) is 0.449. The summed E-state index contributed by atoms with van der Waals surface area (Å²) in [6, 6.07) is 5.64. The molecule has 1 aromatic carbocycles. The van der Waals surface area contributed by atoms with Gasteiger partial charge in [-0.3, -0.25) is 9.89 Å². The van der Waals surface area contributed by atoms with Crippen LogP contribution in [0.3, 0.4) is 0 Å². The number of carbonyl (C=O) groups is 1. The zero-order valence-electron chi connectivity index (χ0n) is 11.5. The molecular formula is C14H17N3O2. The first-order chi connectivity index (χ1) is 9.02. The molecule has 0 aliphatic rings. The predicted octanol–water partition coefficient (Wildman–Crippen LogP) is 2.60. The number of H-pyrrole nitrogens is 1. The van der Waals surface area contributed by atoms with Gasteiger partial charge in [0.25, 0.3) is 5.91 Å². The molecule has 1 aromatic heterocycles. The monoisotopic (exact) mass is 259 g/mol. The summed E-state index contributed by atoms with van der Waals surface area (Å²) in [7, 11) is 1.58. The Labute approximate surface area is 112 Å². The van der Waals surface area contributed by atoms with E-state index in [2.05, 4.69) is 15.5 Å². The normalized spacial score (nSPS) is 10.3.